The number of carbonyl (C=O) groups excluding carboxylic acids is 2. The zero-order valence-electron chi connectivity index (χ0n) is 20.1. The lowest BCUT2D eigenvalue weighted by Crippen LogP contribution is -2.41. The molecule has 6 rings (SSSR count). The Bertz CT molecular complexity index is 1560. The molecule has 2 N–H and O–H groups in total. The summed E-state index contributed by atoms with van der Waals surface area (Å²) in [5.74, 6) is 1.14. The van der Waals surface area contributed by atoms with Gasteiger partial charge in [0.25, 0.3) is 0 Å². The van der Waals surface area contributed by atoms with Gasteiger partial charge in [-0.05, 0) is 32.3 Å². The van der Waals surface area contributed by atoms with Gasteiger partial charge in [-0.2, -0.15) is 0 Å². The Morgan fingerprint density at radius 3 is 2.78 bits per heavy atom. The summed E-state index contributed by atoms with van der Waals surface area (Å²) in [6, 6.07) is 5.50. The summed E-state index contributed by atoms with van der Waals surface area (Å²) in [5, 5.41) is 1.53. The molecule has 2 atom stereocenters. The quantitative estimate of drug-likeness (QED) is 0.333. The first kappa shape index (κ1) is 24.3. The average molecular weight is 555 g/mol. The van der Waals surface area contributed by atoms with E-state index in [0.29, 0.717) is 51.5 Å². The maximum atomic E-state index is 12.9. The van der Waals surface area contributed by atoms with Crippen molar-refractivity contribution in [2.24, 2.45) is 0 Å². The van der Waals surface area contributed by atoms with Crippen molar-refractivity contribution in [2.45, 2.75) is 51.0 Å². The van der Waals surface area contributed by atoms with Gasteiger partial charge in [-0.15, -0.1) is 11.3 Å². The number of thiazole rings is 1. The predicted molar refractivity (Wildman–Crippen MR) is 144 cm³/mol. The molecular formula is C26H24Cl2N6O2S. The number of fused-ring (bicyclic) bond motifs is 2. The molecule has 2 saturated heterocycles. The van der Waals surface area contributed by atoms with Gasteiger partial charge >= 0.3 is 0 Å². The van der Waals surface area contributed by atoms with Crippen LogP contribution in [0.1, 0.15) is 57.7 Å². The number of nitrogens with zero attached hydrogens (tertiary/aromatic N) is 5. The number of rotatable bonds is 5. The molecule has 37 heavy (non-hydrogen) atoms. The van der Waals surface area contributed by atoms with Gasteiger partial charge in [-0.3, -0.25) is 14.0 Å². The fourth-order valence-electron chi connectivity index (χ4n) is 5.47. The number of piperidine rings is 1. The Morgan fingerprint density at radius 2 is 2.03 bits per heavy atom. The number of carbonyl (C=O) groups is 2. The van der Waals surface area contributed by atoms with Crippen LogP contribution in [0.15, 0.2) is 30.6 Å². The van der Waals surface area contributed by atoms with E-state index in [0.717, 1.165) is 35.0 Å². The number of nitrogen functional groups attached to an aromatic ring is 1. The van der Waals surface area contributed by atoms with Crippen molar-refractivity contribution in [3.05, 3.63) is 62.0 Å². The molecule has 0 radical (unpaired) electrons. The van der Waals surface area contributed by atoms with E-state index in [9.17, 15) is 9.59 Å². The summed E-state index contributed by atoms with van der Waals surface area (Å²) in [4.78, 5) is 41.9. The molecular weight excluding hydrogens is 531 g/mol. The molecule has 0 aliphatic carbocycles. The van der Waals surface area contributed by atoms with Gasteiger partial charge < -0.3 is 10.6 Å². The summed E-state index contributed by atoms with van der Waals surface area (Å²) in [7, 11) is 0. The molecule has 2 aliphatic rings. The minimum atomic E-state index is -0.0607. The highest BCUT2D eigenvalue weighted by Gasteiger charge is 2.38. The first-order valence-electron chi connectivity index (χ1n) is 12.2. The van der Waals surface area contributed by atoms with Gasteiger partial charge in [-0.1, -0.05) is 35.3 Å². The molecule has 0 saturated carbocycles. The van der Waals surface area contributed by atoms with Crippen molar-refractivity contribution in [2.75, 3.05) is 12.3 Å². The number of nitrogens with two attached hydrogens (primary N) is 1. The van der Waals surface area contributed by atoms with Gasteiger partial charge in [0.1, 0.15) is 33.0 Å². The topological polar surface area (TPSA) is 106 Å². The molecule has 2 fully saturated rings. The van der Waals surface area contributed by atoms with E-state index < -0.39 is 0 Å². The summed E-state index contributed by atoms with van der Waals surface area (Å²) in [5.41, 5.74) is 8.58. The lowest BCUT2D eigenvalue weighted by atomic mass is 9.92. The van der Waals surface area contributed by atoms with Crippen LogP contribution in [0.5, 0.6) is 0 Å². The van der Waals surface area contributed by atoms with Crippen molar-refractivity contribution in [3.8, 4) is 11.3 Å². The number of hydrogen-bond acceptors (Lipinski definition) is 7. The first-order valence-corrected chi connectivity index (χ1v) is 13.7. The molecule has 11 heteroatoms. The minimum Gasteiger partial charge on any atom is -0.382 e. The Kier molecular flexibility index (Phi) is 6.17. The van der Waals surface area contributed by atoms with Crippen LogP contribution in [-0.4, -0.2) is 48.5 Å². The molecule has 3 aromatic heterocycles. The van der Waals surface area contributed by atoms with Crippen LogP contribution in [0.3, 0.4) is 0 Å². The number of ketones is 1. The van der Waals surface area contributed by atoms with E-state index in [2.05, 4.69) is 9.97 Å². The molecule has 0 unspecified atom stereocenters. The van der Waals surface area contributed by atoms with Crippen LogP contribution in [-0.2, 0) is 11.2 Å². The van der Waals surface area contributed by atoms with Crippen LogP contribution in [0.4, 0.5) is 5.82 Å². The fraction of sp³-hybridized carbons (Fsp3) is 0.346. The SMILES string of the molecule is Cc1cnc(CC(=O)c2ccc(-c3nc([C@@H]4CC[C@H]5CCC(=O)N5C4)n4c(Cl)cnc(N)c34)c(Cl)c2)s1. The van der Waals surface area contributed by atoms with Crippen LogP contribution in [0.2, 0.25) is 10.2 Å². The van der Waals surface area contributed by atoms with E-state index in [-0.39, 0.29) is 29.8 Å². The molecule has 0 spiro atoms. The zero-order chi connectivity index (χ0) is 25.8. The van der Waals surface area contributed by atoms with Crippen LogP contribution < -0.4 is 5.73 Å². The van der Waals surface area contributed by atoms with Gasteiger partial charge in [0.15, 0.2) is 5.78 Å². The third-order valence-electron chi connectivity index (χ3n) is 7.28. The second-order valence-corrected chi connectivity index (χ2v) is 11.8. The maximum absolute atomic E-state index is 12.9. The van der Waals surface area contributed by atoms with Crippen molar-refractivity contribution < 1.29 is 9.59 Å². The van der Waals surface area contributed by atoms with Gasteiger partial charge in [0.05, 0.1) is 17.6 Å². The van der Waals surface area contributed by atoms with Crippen molar-refractivity contribution in [1.29, 1.82) is 0 Å². The molecule has 1 aromatic carbocycles. The number of benzene rings is 1. The monoisotopic (exact) mass is 554 g/mol. The molecule has 2 aliphatic heterocycles. The number of halogens is 2. The second kappa shape index (κ2) is 9.38. The van der Waals surface area contributed by atoms with Crippen LogP contribution in [0, 0.1) is 6.92 Å². The average Bonchev–Trinajstić information content (AvgIpc) is 3.58. The lowest BCUT2D eigenvalue weighted by molar-refractivity contribution is -0.130. The number of anilines is 1. The number of Topliss-reactive ketones (excluding diaryl/α,β-unsaturated/α-hetero) is 1. The first-order chi connectivity index (χ1) is 17.8. The van der Waals surface area contributed by atoms with E-state index in [1.807, 2.05) is 16.2 Å². The number of aromatic nitrogens is 4. The summed E-state index contributed by atoms with van der Waals surface area (Å²) in [6.45, 7) is 2.56. The van der Waals surface area contributed by atoms with Crippen LogP contribution >= 0.6 is 34.5 Å². The van der Waals surface area contributed by atoms with E-state index in [4.69, 9.17) is 33.9 Å². The van der Waals surface area contributed by atoms with Gasteiger partial charge in [-0.25, -0.2) is 15.0 Å². The summed E-state index contributed by atoms with van der Waals surface area (Å²) >= 11 is 14.9. The Balaban J connectivity index is 1.39. The molecule has 1 amide bonds. The third-order valence-corrected chi connectivity index (χ3v) is 8.77. The second-order valence-electron chi connectivity index (χ2n) is 9.64. The number of amides is 1. The number of imidazole rings is 1. The maximum Gasteiger partial charge on any atom is 0.222 e. The Labute approximate surface area is 227 Å². The third kappa shape index (κ3) is 4.28. The molecule has 8 nitrogen and oxygen atoms in total. The minimum absolute atomic E-state index is 0.000212. The van der Waals surface area contributed by atoms with Gasteiger partial charge in [0, 0.05) is 47.1 Å². The van der Waals surface area contributed by atoms with E-state index >= 15 is 0 Å². The molecule has 4 aromatic rings. The van der Waals surface area contributed by atoms with Gasteiger partial charge in [0.2, 0.25) is 5.91 Å². The van der Waals surface area contributed by atoms with Crippen LogP contribution in [0.25, 0.3) is 16.8 Å². The van der Waals surface area contributed by atoms with E-state index in [1.54, 1.807) is 24.4 Å². The molecule has 190 valence electrons. The number of hydrogen-bond donors (Lipinski definition) is 1. The molecule has 0 bridgehead atoms. The van der Waals surface area contributed by atoms with Crippen molar-refractivity contribution in [3.63, 3.8) is 0 Å². The predicted octanol–water partition coefficient (Wildman–Crippen LogP) is 5.34. The summed E-state index contributed by atoms with van der Waals surface area (Å²) in [6.07, 6.45) is 6.83. The fourth-order valence-corrected chi connectivity index (χ4v) is 6.75. The highest BCUT2D eigenvalue weighted by Crippen LogP contribution is 2.40. The van der Waals surface area contributed by atoms with Crippen molar-refractivity contribution >= 4 is 57.6 Å². The summed E-state index contributed by atoms with van der Waals surface area (Å²) < 4.78 is 1.82. The van der Waals surface area contributed by atoms with E-state index in [1.165, 1.54) is 17.5 Å². The molecule has 5 heterocycles. The highest BCUT2D eigenvalue weighted by atomic mass is 35.5. The normalized spacial score (nSPS) is 19.5. The largest absolute Gasteiger partial charge is 0.382 e. The lowest BCUT2D eigenvalue weighted by Gasteiger charge is -2.34. The standard InChI is InChI=1S/C26H24Cl2N6O2S/c1-13-10-30-21(37-13)9-19(35)14-3-6-17(18(27)8-14)23-24-25(29)31-11-20(28)34(24)26(32-23)15-2-4-16-5-7-22(36)33(16)12-15/h3,6,8,10-11,15-16H,2,4-5,7,9,12H2,1H3,(H2,29,31)/t15-,16+/m1/s1. The highest BCUT2D eigenvalue weighted by molar-refractivity contribution is 7.11. The zero-order valence-corrected chi connectivity index (χ0v) is 22.4. The van der Waals surface area contributed by atoms with Crippen molar-refractivity contribution in [1.82, 2.24) is 24.3 Å². The smallest absolute Gasteiger partial charge is 0.222 e. The Hall–Kier alpha value is -3.01. The number of aryl methyl sites for hydroxylation is 1. The Morgan fingerprint density at radius 1 is 1.19 bits per heavy atom.